The molecule has 0 heterocycles. The van der Waals surface area contributed by atoms with Crippen LogP contribution < -0.4 is 4.72 Å². The van der Waals surface area contributed by atoms with Gasteiger partial charge in [0.05, 0.1) is 10.6 Å². The smallest absolute Gasteiger partial charge is 0.242 e. The Labute approximate surface area is 129 Å². The van der Waals surface area contributed by atoms with Gasteiger partial charge in [0.25, 0.3) is 0 Å². The van der Waals surface area contributed by atoms with Gasteiger partial charge < -0.3 is 5.11 Å². The Hall–Kier alpha value is -0.330. The fourth-order valence-corrected chi connectivity index (χ4v) is 4.52. The summed E-state index contributed by atoms with van der Waals surface area (Å²) in [4.78, 5) is -0.00732. The van der Waals surface area contributed by atoms with Crippen molar-refractivity contribution in [1.29, 1.82) is 0 Å². The van der Waals surface area contributed by atoms with E-state index < -0.39 is 15.6 Å². The average molecular weight is 338 g/mol. The molecule has 0 saturated heterocycles. The first-order chi connectivity index (χ1) is 9.16. The second-order valence-corrected chi connectivity index (χ2v) is 7.83. The summed E-state index contributed by atoms with van der Waals surface area (Å²) in [6.07, 6.45) is 2.13. The molecule has 0 atom stereocenters. The van der Waals surface area contributed by atoms with Crippen molar-refractivity contribution < 1.29 is 13.5 Å². The Morgan fingerprint density at radius 2 is 1.95 bits per heavy atom. The van der Waals surface area contributed by atoms with E-state index in [9.17, 15) is 13.5 Å². The summed E-state index contributed by atoms with van der Waals surface area (Å²) in [5.41, 5.74) is 0.0847. The predicted molar refractivity (Wildman–Crippen MR) is 79.9 cm³/mol. The van der Waals surface area contributed by atoms with Crippen molar-refractivity contribution >= 4 is 33.2 Å². The molecule has 4 nitrogen and oxygen atoms in total. The first-order valence-electron chi connectivity index (χ1n) is 6.33. The monoisotopic (exact) mass is 337 g/mol. The zero-order chi connectivity index (χ0) is 15.1. The lowest BCUT2D eigenvalue weighted by Gasteiger charge is -2.36. The Bertz CT molecular complexity index is 613. The maximum absolute atomic E-state index is 12.4. The number of rotatable bonds is 4. The molecule has 0 amide bonds. The standard InChI is InChI=1S/C13H17Cl2NO3S/c1-8-6-10(14)9(2)12(11(8)15)20(18,19)16-7-13(17)4-3-5-13/h6,16-17H,3-5,7H2,1-2H3. The zero-order valence-electron chi connectivity index (χ0n) is 11.3. The van der Waals surface area contributed by atoms with Crippen LogP contribution in [0.3, 0.4) is 0 Å². The van der Waals surface area contributed by atoms with Crippen LogP contribution in [0.1, 0.15) is 30.4 Å². The van der Waals surface area contributed by atoms with E-state index in [0.717, 1.165) is 6.42 Å². The van der Waals surface area contributed by atoms with Crippen LogP contribution in [-0.4, -0.2) is 25.7 Å². The van der Waals surface area contributed by atoms with Crippen molar-refractivity contribution in [1.82, 2.24) is 4.72 Å². The van der Waals surface area contributed by atoms with E-state index >= 15 is 0 Å². The average Bonchev–Trinajstić information content (AvgIpc) is 2.32. The molecule has 7 heteroatoms. The van der Waals surface area contributed by atoms with E-state index in [0.29, 0.717) is 29.0 Å². The van der Waals surface area contributed by atoms with Gasteiger partial charge in [0.2, 0.25) is 10.0 Å². The van der Waals surface area contributed by atoms with Gasteiger partial charge in [-0.3, -0.25) is 0 Å². The number of halogens is 2. The number of sulfonamides is 1. The first-order valence-corrected chi connectivity index (χ1v) is 8.57. The first kappa shape index (κ1) is 16.0. The minimum absolute atomic E-state index is 0.00331. The number of nitrogens with one attached hydrogen (secondary N) is 1. The minimum atomic E-state index is -3.80. The predicted octanol–water partition coefficient (Wildman–Crippen LogP) is 2.80. The molecule has 2 rings (SSSR count). The third-order valence-corrected chi connectivity index (χ3v) is 6.30. The summed E-state index contributed by atoms with van der Waals surface area (Å²) in [6.45, 7) is 3.31. The largest absolute Gasteiger partial charge is 0.389 e. The summed E-state index contributed by atoms with van der Waals surface area (Å²) >= 11 is 12.1. The van der Waals surface area contributed by atoms with Crippen LogP contribution in [0.4, 0.5) is 0 Å². The molecule has 1 aromatic carbocycles. The summed E-state index contributed by atoms with van der Waals surface area (Å²) in [5.74, 6) is 0. The van der Waals surface area contributed by atoms with Gasteiger partial charge >= 0.3 is 0 Å². The van der Waals surface area contributed by atoms with Crippen molar-refractivity contribution in [3.8, 4) is 0 Å². The quantitative estimate of drug-likeness (QED) is 0.887. The molecule has 1 aliphatic rings. The molecule has 0 radical (unpaired) electrons. The number of hydrogen-bond donors (Lipinski definition) is 2. The normalized spacial score (nSPS) is 17.9. The van der Waals surface area contributed by atoms with E-state index in [-0.39, 0.29) is 16.5 Å². The van der Waals surface area contributed by atoms with Crippen molar-refractivity contribution in [3.63, 3.8) is 0 Å². The number of hydrogen-bond acceptors (Lipinski definition) is 3. The van der Waals surface area contributed by atoms with Crippen LogP contribution in [-0.2, 0) is 10.0 Å². The molecular weight excluding hydrogens is 321 g/mol. The lowest BCUT2D eigenvalue weighted by atomic mass is 9.81. The van der Waals surface area contributed by atoms with Crippen molar-refractivity contribution in [2.75, 3.05) is 6.54 Å². The van der Waals surface area contributed by atoms with Gasteiger partial charge in [0.1, 0.15) is 4.90 Å². The third-order valence-electron chi connectivity index (χ3n) is 3.73. The molecule has 1 saturated carbocycles. The summed E-state index contributed by atoms with van der Waals surface area (Å²) in [5, 5.41) is 10.5. The zero-order valence-corrected chi connectivity index (χ0v) is 13.7. The summed E-state index contributed by atoms with van der Waals surface area (Å²) in [7, 11) is -3.80. The molecule has 20 heavy (non-hydrogen) atoms. The molecule has 0 aromatic heterocycles. The highest BCUT2D eigenvalue weighted by molar-refractivity contribution is 7.89. The highest BCUT2D eigenvalue weighted by Crippen LogP contribution is 2.34. The third kappa shape index (κ3) is 2.97. The number of aliphatic hydroxyl groups is 1. The molecule has 112 valence electrons. The SMILES string of the molecule is Cc1cc(Cl)c(C)c(S(=O)(=O)NCC2(O)CCC2)c1Cl. The molecule has 0 bridgehead atoms. The minimum Gasteiger partial charge on any atom is -0.389 e. The van der Waals surface area contributed by atoms with E-state index in [1.54, 1.807) is 19.9 Å². The van der Waals surface area contributed by atoms with Crippen molar-refractivity contribution in [3.05, 3.63) is 27.2 Å². The maximum Gasteiger partial charge on any atom is 0.242 e. The second-order valence-electron chi connectivity index (χ2n) is 5.35. The van der Waals surface area contributed by atoms with Crippen LogP contribution in [0, 0.1) is 13.8 Å². The van der Waals surface area contributed by atoms with Gasteiger partial charge in [-0.15, -0.1) is 0 Å². The molecule has 1 fully saturated rings. The molecule has 0 aliphatic heterocycles. The second kappa shape index (κ2) is 5.46. The van der Waals surface area contributed by atoms with Gasteiger partial charge in [-0.1, -0.05) is 23.2 Å². The number of aryl methyl sites for hydroxylation is 1. The Balaban J connectivity index is 2.34. The maximum atomic E-state index is 12.4. The molecule has 1 aromatic rings. The van der Waals surface area contributed by atoms with Crippen LogP contribution in [0.2, 0.25) is 10.0 Å². The highest BCUT2D eigenvalue weighted by atomic mass is 35.5. The topological polar surface area (TPSA) is 66.4 Å². The van der Waals surface area contributed by atoms with Gasteiger partial charge in [-0.2, -0.15) is 0 Å². The van der Waals surface area contributed by atoms with Crippen LogP contribution in [0.5, 0.6) is 0 Å². The fraction of sp³-hybridized carbons (Fsp3) is 0.538. The van der Waals surface area contributed by atoms with Crippen molar-refractivity contribution in [2.45, 2.75) is 43.6 Å². The molecule has 1 aliphatic carbocycles. The Kier molecular flexibility index (Phi) is 4.38. The molecule has 0 spiro atoms. The lowest BCUT2D eigenvalue weighted by molar-refractivity contribution is -0.0270. The van der Waals surface area contributed by atoms with E-state index in [1.807, 2.05) is 0 Å². The van der Waals surface area contributed by atoms with Crippen LogP contribution in [0.25, 0.3) is 0 Å². The summed E-state index contributed by atoms with van der Waals surface area (Å²) < 4.78 is 27.2. The van der Waals surface area contributed by atoms with E-state index in [2.05, 4.69) is 4.72 Å². The fourth-order valence-electron chi connectivity index (χ4n) is 2.20. The van der Waals surface area contributed by atoms with E-state index in [4.69, 9.17) is 23.2 Å². The van der Waals surface area contributed by atoms with Gasteiger partial charge in [-0.05, 0) is 50.3 Å². The Morgan fingerprint density at radius 1 is 1.35 bits per heavy atom. The Morgan fingerprint density at radius 3 is 2.45 bits per heavy atom. The molecule has 2 N–H and O–H groups in total. The number of benzene rings is 1. The van der Waals surface area contributed by atoms with E-state index in [1.165, 1.54) is 0 Å². The van der Waals surface area contributed by atoms with Crippen LogP contribution >= 0.6 is 23.2 Å². The van der Waals surface area contributed by atoms with Gasteiger partial charge in [0.15, 0.2) is 0 Å². The molecular formula is C13H17Cl2NO3S. The van der Waals surface area contributed by atoms with Gasteiger partial charge in [-0.25, -0.2) is 13.1 Å². The van der Waals surface area contributed by atoms with Crippen molar-refractivity contribution in [2.24, 2.45) is 0 Å². The van der Waals surface area contributed by atoms with Crippen LogP contribution in [0.15, 0.2) is 11.0 Å². The molecule has 0 unspecified atom stereocenters. The summed E-state index contributed by atoms with van der Waals surface area (Å²) in [6, 6.07) is 1.64. The van der Waals surface area contributed by atoms with Gasteiger partial charge in [0, 0.05) is 11.6 Å². The lowest BCUT2D eigenvalue weighted by Crippen LogP contribution is -2.47. The highest BCUT2D eigenvalue weighted by Gasteiger charge is 2.36.